The van der Waals surface area contributed by atoms with Gasteiger partial charge < -0.3 is 25.4 Å². The zero-order valence-corrected chi connectivity index (χ0v) is 23.8. The van der Waals surface area contributed by atoms with Crippen LogP contribution in [-0.2, 0) is 16.0 Å². The van der Waals surface area contributed by atoms with E-state index in [4.69, 9.17) is 16.3 Å². The Morgan fingerprint density at radius 1 is 1.18 bits per heavy atom. The van der Waals surface area contributed by atoms with Crippen molar-refractivity contribution in [2.75, 3.05) is 31.6 Å². The van der Waals surface area contributed by atoms with E-state index >= 15 is 0 Å². The van der Waals surface area contributed by atoms with Crippen molar-refractivity contribution in [3.63, 3.8) is 0 Å². The van der Waals surface area contributed by atoms with Crippen molar-refractivity contribution in [1.82, 2.24) is 10.2 Å². The first kappa shape index (κ1) is 29.4. The second kappa shape index (κ2) is 14.7. The predicted molar refractivity (Wildman–Crippen MR) is 155 cm³/mol. The number of benzene rings is 2. The lowest BCUT2D eigenvalue weighted by Crippen LogP contribution is -2.43. The molecule has 1 aliphatic heterocycles. The number of carbonyl (C=O) groups excluding carboxylic acids is 2. The number of anilines is 1. The van der Waals surface area contributed by atoms with Crippen LogP contribution in [0.1, 0.15) is 80.6 Å². The average Bonchev–Trinajstić information content (AvgIpc) is 2.94. The SMILES string of the molecule is Cc1cc(CCNCCC(=O)N(CCCC[C@H](O)c2cccc3c2OCC(=O)N3)C2CCCCC2)ccc1Cl. The minimum Gasteiger partial charge on any atom is -0.481 e. The molecule has 2 aromatic carbocycles. The number of aliphatic hydroxyl groups excluding tert-OH is 1. The van der Waals surface area contributed by atoms with Crippen LogP contribution < -0.4 is 15.4 Å². The summed E-state index contributed by atoms with van der Waals surface area (Å²) < 4.78 is 5.60. The van der Waals surface area contributed by atoms with E-state index in [9.17, 15) is 14.7 Å². The monoisotopic (exact) mass is 555 g/mol. The number of hydrogen-bond donors (Lipinski definition) is 3. The number of amides is 2. The van der Waals surface area contributed by atoms with Crippen LogP contribution in [0, 0.1) is 6.92 Å². The van der Waals surface area contributed by atoms with Gasteiger partial charge in [0.25, 0.3) is 5.91 Å². The lowest BCUT2D eigenvalue weighted by atomic mass is 9.93. The molecule has 39 heavy (non-hydrogen) atoms. The molecule has 0 unspecified atom stereocenters. The minimum atomic E-state index is -0.678. The topological polar surface area (TPSA) is 90.9 Å². The molecule has 0 radical (unpaired) electrons. The van der Waals surface area contributed by atoms with Crippen molar-refractivity contribution in [3.05, 3.63) is 58.1 Å². The number of unbranched alkanes of at least 4 members (excludes halogenated alkanes) is 1. The van der Waals surface area contributed by atoms with Crippen LogP contribution in [0.25, 0.3) is 0 Å². The standard InChI is InChI=1S/C31H42ClN3O4/c1-22-20-23(13-14-26(22)32)15-17-33-18-16-30(38)35(24-8-3-2-4-9-24)19-6-5-12-28(36)25-10-7-11-27-31(25)39-21-29(37)34-27/h7,10-11,13-14,20,24,28,33,36H,2-6,8-9,12,15-19,21H2,1H3,(H,34,37)/t28-/m0/s1. The Balaban J connectivity index is 1.22. The molecule has 0 saturated heterocycles. The van der Waals surface area contributed by atoms with Gasteiger partial charge in [0, 0.05) is 36.1 Å². The molecule has 1 heterocycles. The summed E-state index contributed by atoms with van der Waals surface area (Å²) in [5.41, 5.74) is 3.64. The number of fused-ring (bicyclic) bond motifs is 1. The number of nitrogens with one attached hydrogen (secondary N) is 2. The van der Waals surface area contributed by atoms with Crippen molar-refractivity contribution in [3.8, 4) is 5.75 Å². The molecule has 1 saturated carbocycles. The van der Waals surface area contributed by atoms with Crippen LogP contribution in [0.2, 0.25) is 5.02 Å². The van der Waals surface area contributed by atoms with Crippen LogP contribution in [0.15, 0.2) is 36.4 Å². The van der Waals surface area contributed by atoms with Gasteiger partial charge in [-0.05, 0) is 75.3 Å². The second-order valence-corrected chi connectivity index (χ2v) is 11.2. The largest absolute Gasteiger partial charge is 0.481 e. The maximum Gasteiger partial charge on any atom is 0.262 e. The Kier molecular flexibility index (Phi) is 11.1. The summed E-state index contributed by atoms with van der Waals surface area (Å²) >= 11 is 6.12. The zero-order chi connectivity index (χ0) is 27.6. The van der Waals surface area contributed by atoms with Gasteiger partial charge in [0.05, 0.1) is 11.8 Å². The lowest BCUT2D eigenvalue weighted by molar-refractivity contribution is -0.134. The number of aryl methyl sites for hydroxylation is 1. The maximum atomic E-state index is 13.3. The van der Waals surface area contributed by atoms with E-state index in [-0.39, 0.29) is 18.4 Å². The van der Waals surface area contributed by atoms with Gasteiger partial charge in [-0.15, -0.1) is 0 Å². The summed E-state index contributed by atoms with van der Waals surface area (Å²) in [6.07, 6.45) is 8.72. The predicted octanol–water partition coefficient (Wildman–Crippen LogP) is 5.57. The maximum absolute atomic E-state index is 13.3. The van der Waals surface area contributed by atoms with Gasteiger partial charge in [-0.1, -0.05) is 55.1 Å². The van der Waals surface area contributed by atoms with Gasteiger partial charge in [0.1, 0.15) is 5.75 Å². The molecule has 0 bridgehead atoms. The van der Waals surface area contributed by atoms with Gasteiger partial charge in [0.15, 0.2) is 6.61 Å². The smallest absolute Gasteiger partial charge is 0.262 e. The van der Waals surface area contributed by atoms with Crippen molar-refractivity contribution >= 4 is 29.1 Å². The molecular formula is C31H42ClN3O4. The quantitative estimate of drug-likeness (QED) is 0.281. The third-order valence-corrected chi connectivity index (χ3v) is 8.24. The van der Waals surface area contributed by atoms with Crippen LogP contribution in [0.5, 0.6) is 5.75 Å². The Hall–Kier alpha value is -2.61. The Labute approximate surface area is 237 Å². The van der Waals surface area contributed by atoms with E-state index in [1.54, 1.807) is 6.07 Å². The number of hydrogen-bond acceptors (Lipinski definition) is 5. The minimum absolute atomic E-state index is 0.0369. The first-order chi connectivity index (χ1) is 18.9. The average molecular weight is 556 g/mol. The van der Waals surface area contributed by atoms with Crippen molar-refractivity contribution in [2.45, 2.75) is 83.3 Å². The molecule has 8 heteroatoms. The van der Waals surface area contributed by atoms with Crippen LogP contribution in [-0.4, -0.2) is 54.1 Å². The highest BCUT2D eigenvalue weighted by Gasteiger charge is 2.26. The summed E-state index contributed by atoms with van der Waals surface area (Å²) in [7, 11) is 0. The number of rotatable bonds is 13. The number of carbonyl (C=O) groups is 2. The molecule has 3 N–H and O–H groups in total. The van der Waals surface area contributed by atoms with E-state index in [1.807, 2.05) is 25.1 Å². The van der Waals surface area contributed by atoms with Gasteiger partial charge in [0.2, 0.25) is 5.91 Å². The molecule has 1 atom stereocenters. The van der Waals surface area contributed by atoms with Crippen LogP contribution in [0.4, 0.5) is 5.69 Å². The first-order valence-electron chi connectivity index (χ1n) is 14.4. The van der Waals surface area contributed by atoms with E-state index in [0.29, 0.717) is 42.4 Å². The summed E-state index contributed by atoms with van der Waals surface area (Å²) in [6.45, 7) is 4.20. The number of para-hydroxylation sites is 1. The highest BCUT2D eigenvalue weighted by Crippen LogP contribution is 2.36. The number of halogens is 1. The number of nitrogens with zero attached hydrogens (tertiary/aromatic N) is 1. The molecule has 212 valence electrons. The molecule has 2 aromatic rings. The zero-order valence-electron chi connectivity index (χ0n) is 23.0. The van der Waals surface area contributed by atoms with Gasteiger partial charge in [-0.25, -0.2) is 0 Å². The second-order valence-electron chi connectivity index (χ2n) is 10.8. The third-order valence-electron chi connectivity index (χ3n) is 7.82. The van der Waals surface area contributed by atoms with E-state index in [0.717, 1.165) is 55.8 Å². The molecule has 2 aliphatic rings. The highest BCUT2D eigenvalue weighted by molar-refractivity contribution is 6.31. The molecule has 1 aliphatic carbocycles. The highest BCUT2D eigenvalue weighted by atomic mass is 35.5. The molecule has 7 nitrogen and oxygen atoms in total. The molecule has 4 rings (SSSR count). The summed E-state index contributed by atoms with van der Waals surface area (Å²) in [5, 5.41) is 17.9. The molecule has 1 fully saturated rings. The van der Waals surface area contributed by atoms with Gasteiger partial charge in [-0.3, -0.25) is 9.59 Å². The third kappa shape index (κ3) is 8.44. The van der Waals surface area contributed by atoms with E-state index in [1.165, 1.54) is 24.8 Å². The van der Waals surface area contributed by atoms with Crippen molar-refractivity contribution in [2.24, 2.45) is 0 Å². The fourth-order valence-corrected chi connectivity index (χ4v) is 5.76. The lowest BCUT2D eigenvalue weighted by Gasteiger charge is -2.35. The number of ether oxygens (including phenoxy) is 1. The van der Waals surface area contributed by atoms with Gasteiger partial charge in [-0.2, -0.15) is 0 Å². The van der Waals surface area contributed by atoms with Crippen molar-refractivity contribution in [1.29, 1.82) is 0 Å². The molecule has 0 aromatic heterocycles. The Bertz CT molecular complexity index is 1120. The molecule has 0 spiro atoms. The van der Waals surface area contributed by atoms with Crippen molar-refractivity contribution < 1.29 is 19.4 Å². The Morgan fingerprint density at radius 3 is 2.79 bits per heavy atom. The Morgan fingerprint density at radius 2 is 2.00 bits per heavy atom. The fourth-order valence-electron chi connectivity index (χ4n) is 5.64. The summed E-state index contributed by atoms with van der Waals surface area (Å²) in [5.74, 6) is 0.592. The fraction of sp³-hybridized carbons (Fsp3) is 0.548. The first-order valence-corrected chi connectivity index (χ1v) is 14.8. The van der Waals surface area contributed by atoms with Gasteiger partial charge >= 0.3 is 0 Å². The molecule has 2 amide bonds. The van der Waals surface area contributed by atoms with Crippen LogP contribution in [0.3, 0.4) is 0 Å². The van der Waals surface area contributed by atoms with E-state index in [2.05, 4.69) is 27.7 Å². The summed E-state index contributed by atoms with van der Waals surface area (Å²) in [4.78, 5) is 27.0. The van der Waals surface area contributed by atoms with E-state index < -0.39 is 6.10 Å². The molecular weight excluding hydrogens is 514 g/mol. The van der Waals surface area contributed by atoms with Crippen LogP contribution >= 0.6 is 11.6 Å². The number of aliphatic hydroxyl groups is 1. The summed E-state index contributed by atoms with van der Waals surface area (Å²) in [6, 6.07) is 11.9. The normalized spacial score (nSPS) is 16.2.